The van der Waals surface area contributed by atoms with Gasteiger partial charge < -0.3 is 10.0 Å². The molecule has 0 atom stereocenters. The third kappa shape index (κ3) is 6.54. The van der Waals surface area contributed by atoms with Crippen LogP contribution in [-0.4, -0.2) is 36.8 Å². The van der Waals surface area contributed by atoms with Crippen LogP contribution in [0.15, 0.2) is 77.9 Å². The van der Waals surface area contributed by atoms with E-state index in [1.165, 1.54) is 64.9 Å². The van der Waals surface area contributed by atoms with Crippen molar-refractivity contribution in [2.45, 2.75) is 52.4 Å². The van der Waals surface area contributed by atoms with E-state index in [2.05, 4.69) is 99.5 Å². The SMILES string of the molecule is CC(C)=C/C=C(C)/C(=C(\CCCO)c1ccccc1)c1ccc(C2CCN(C)CC2)cc1. The zero-order valence-electron chi connectivity index (χ0n) is 20.3. The van der Waals surface area contributed by atoms with E-state index in [1.54, 1.807) is 0 Å². The summed E-state index contributed by atoms with van der Waals surface area (Å²) in [6.45, 7) is 9.04. The van der Waals surface area contributed by atoms with E-state index in [9.17, 15) is 5.11 Å². The van der Waals surface area contributed by atoms with Crippen LogP contribution in [0.4, 0.5) is 0 Å². The van der Waals surface area contributed by atoms with Crippen LogP contribution in [-0.2, 0) is 0 Å². The average Bonchev–Trinajstić information content (AvgIpc) is 2.81. The highest BCUT2D eigenvalue weighted by molar-refractivity contribution is 5.98. The maximum atomic E-state index is 9.58. The van der Waals surface area contributed by atoms with Gasteiger partial charge in [0.1, 0.15) is 0 Å². The molecule has 0 saturated carbocycles. The molecule has 1 aliphatic heterocycles. The number of aliphatic hydroxyl groups is 1. The molecular formula is C30H39NO. The van der Waals surface area contributed by atoms with Gasteiger partial charge in [-0.3, -0.25) is 0 Å². The van der Waals surface area contributed by atoms with Crippen LogP contribution < -0.4 is 0 Å². The first-order chi connectivity index (χ1) is 15.5. The molecule has 0 amide bonds. The summed E-state index contributed by atoms with van der Waals surface area (Å²) in [5, 5.41) is 9.58. The Kier molecular flexibility index (Phi) is 9.08. The molecule has 1 N–H and O–H groups in total. The number of nitrogens with zero attached hydrogens (tertiary/aromatic N) is 1. The second-order valence-corrected chi connectivity index (χ2v) is 9.34. The third-order valence-electron chi connectivity index (χ3n) is 6.46. The first kappa shape index (κ1) is 24.2. The molecule has 1 aliphatic rings. The van der Waals surface area contributed by atoms with Crippen molar-refractivity contribution in [2.75, 3.05) is 26.7 Å². The molecule has 3 rings (SSSR count). The molecule has 0 aromatic heterocycles. The molecule has 0 aliphatic carbocycles. The van der Waals surface area contributed by atoms with Crippen molar-refractivity contribution < 1.29 is 5.11 Å². The molecular weight excluding hydrogens is 390 g/mol. The molecule has 1 heterocycles. The van der Waals surface area contributed by atoms with Gasteiger partial charge in [-0.1, -0.05) is 72.3 Å². The molecule has 0 spiro atoms. The number of aliphatic hydroxyl groups excluding tert-OH is 1. The minimum atomic E-state index is 0.204. The number of hydrogen-bond acceptors (Lipinski definition) is 2. The van der Waals surface area contributed by atoms with Crippen molar-refractivity contribution in [2.24, 2.45) is 0 Å². The maximum absolute atomic E-state index is 9.58. The number of benzene rings is 2. The van der Waals surface area contributed by atoms with Crippen LogP contribution in [0.5, 0.6) is 0 Å². The molecule has 2 nitrogen and oxygen atoms in total. The largest absolute Gasteiger partial charge is 0.396 e. The van der Waals surface area contributed by atoms with E-state index < -0.39 is 0 Å². The minimum Gasteiger partial charge on any atom is -0.396 e. The van der Waals surface area contributed by atoms with Crippen LogP contribution >= 0.6 is 0 Å². The van der Waals surface area contributed by atoms with E-state index in [1.807, 2.05) is 0 Å². The predicted octanol–water partition coefficient (Wildman–Crippen LogP) is 7.09. The number of rotatable bonds is 8. The lowest BCUT2D eigenvalue weighted by Gasteiger charge is -2.29. The van der Waals surface area contributed by atoms with Gasteiger partial charge >= 0.3 is 0 Å². The van der Waals surface area contributed by atoms with E-state index >= 15 is 0 Å². The van der Waals surface area contributed by atoms with Crippen LogP contribution in [0.3, 0.4) is 0 Å². The summed E-state index contributed by atoms with van der Waals surface area (Å²) in [5.74, 6) is 0.665. The van der Waals surface area contributed by atoms with Crippen molar-refractivity contribution in [1.82, 2.24) is 4.90 Å². The van der Waals surface area contributed by atoms with E-state index in [4.69, 9.17) is 0 Å². The molecule has 32 heavy (non-hydrogen) atoms. The predicted molar refractivity (Wildman–Crippen MR) is 139 cm³/mol. The number of allylic oxidation sites excluding steroid dienone is 6. The monoisotopic (exact) mass is 429 g/mol. The summed E-state index contributed by atoms with van der Waals surface area (Å²) in [5.41, 5.74) is 9.10. The summed E-state index contributed by atoms with van der Waals surface area (Å²) in [6.07, 6.45) is 8.52. The van der Waals surface area contributed by atoms with Crippen LogP contribution in [0.1, 0.15) is 69.1 Å². The fraction of sp³-hybridized carbons (Fsp3) is 0.400. The molecule has 2 aromatic carbocycles. The first-order valence-electron chi connectivity index (χ1n) is 12.0. The van der Waals surface area contributed by atoms with Gasteiger partial charge in [0.25, 0.3) is 0 Å². The Hall–Kier alpha value is -2.42. The maximum Gasteiger partial charge on any atom is 0.0434 e. The Balaban J connectivity index is 2.06. The second-order valence-electron chi connectivity index (χ2n) is 9.34. The van der Waals surface area contributed by atoms with Crippen LogP contribution in [0.2, 0.25) is 0 Å². The standard InChI is InChI=1S/C30H39NO/c1-23(2)12-13-24(3)30(29(11-8-22-32)27-9-6-5-7-10-27)28-16-14-25(15-17-28)26-18-20-31(4)21-19-26/h5-7,9-10,12-17,26,32H,8,11,18-22H2,1-4H3/b24-13+,30-29-. The van der Waals surface area contributed by atoms with Gasteiger partial charge in [-0.25, -0.2) is 0 Å². The highest BCUT2D eigenvalue weighted by Crippen LogP contribution is 2.36. The fourth-order valence-corrected chi connectivity index (χ4v) is 4.59. The Morgan fingerprint density at radius 1 is 0.906 bits per heavy atom. The van der Waals surface area contributed by atoms with Crippen molar-refractivity contribution in [3.63, 3.8) is 0 Å². The molecule has 170 valence electrons. The lowest BCUT2D eigenvalue weighted by Crippen LogP contribution is -2.29. The average molecular weight is 430 g/mol. The smallest absolute Gasteiger partial charge is 0.0434 e. The molecule has 1 fully saturated rings. The van der Waals surface area contributed by atoms with Gasteiger partial charge in [-0.15, -0.1) is 0 Å². The minimum absolute atomic E-state index is 0.204. The van der Waals surface area contributed by atoms with Gasteiger partial charge in [0.05, 0.1) is 0 Å². The molecule has 2 aromatic rings. The van der Waals surface area contributed by atoms with Crippen molar-refractivity contribution in [3.05, 3.63) is 94.6 Å². The lowest BCUT2D eigenvalue weighted by molar-refractivity contribution is 0.255. The van der Waals surface area contributed by atoms with E-state index in [0.29, 0.717) is 5.92 Å². The van der Waals surface area contributed by atoms with Crippen molar-refractivity contribution in [1.29, 1.82) is 0 Å². The zero-order chi connectivity index (χ0) is 22.9. The van der Waals surface area contributed by atoms with E-state index in [-0.39, 0.29) is 6.61 Å². The topological polar surface area (TPSA) is 23.5 Å². The Morgan fingerprint density at radius 2 is 1.56 bits per heavy atom. The lowest BCUT2D eigenvalue weighted by atomic mass is 9.85. The van der Waals surface area contributed by atoms with Crippen molar-refractivity contribution >= 4 is 11.1 Å². The van der Waals surface area contributed by atoms with Crippen LogP contribution in [0, 0.1) is 0 Å². The van der Waals surface area contributed by atoms with Gasteiger partial charge in [0.15, 0.2) is 0 Å². The Bertz CT molecular complexity index is 938. The molecule has 2 heteroatoms. The summed E-state index contributed by atoms with van der Waals surface area (Å²) >= 11 is 0. The Morgan fingerprint density at radius 3 is 2.16 bits per heavy atom. The van der Waals surface area contributed by atoms with Crippen molar-refractivity contribution in [3.8, 4) is 0 Å². The Labute approximate surface area is 195 Å². The highest BCUT2D eigenvalue weighted by atomic mass is 16.2. The van der Waals surface area contributed by atoms with Gasteiger partial charge in [0.2, 0.25) is 0 Å². The van der Waals surface area contributed by atoms with Crippen LogP contribution in [0.25, 0.3) is 11.1 Å². The molecule has 0 bridgehead atoms. The summed E-state index contributed by atoms with van der Waals surface area (Å²) in [6, 6.07) is 19.9. The third-order valence-corrected chi connectivity index (χ3v) is 6.46. The first-order valence-corrected chi connectivity index (χ1v) is 12.0. The molecule has 1 saturated heterocycles. The number of piperidine rings is 1. The highest BCUT2D eigenvalue weighted by Gasteiger charge is 2.19. The fourth-order valence-electron chi connectivity index (χ4n) is 4.59. The quantitative estimate of drug-likeness (QED) is 0.357. The normalized spacial score (nSPS) is 16.6. The molecule has 0 radical (unpaired) electrons. The summed E-state index contributed by atoms with van der Waals surface area (Å²) in [7, 11) is 2.22. The van der Waals surface area contributed by atoms with E-state index in [0.717, 1.165) is 12.8 Å². The summed E-state index contributed by atoms with van der Waals surface area (Å²) < 4.78 is 0. The zero-order valence-corrected chi connectivity index (χ0v) is 20.3. The molecule has 0 unspecified atom stereocenters. The number of likely N-dealkylation sites (tertiary alicyclic amines) is 1. The van der Waals surface area contributed by atoms with Gasteiger partial charge in [0, 0.05) is 6.61 Å². The van der Waals surface area contributed by atoms with Gasteiger partial charge in [-0.05, 0) is 106 Å². The number of hydrogen-bond donors (Lipinski definition) is 1. The van der Waals surface area contributed by atoms with Gasteiger partial charge in [-0.2, -0.15) is 0 Å². The summed E-state index contributed by atoms with van der Waals surface area (Å²) in [4.78, 5) is 2.43. The second kappa shape index (κ2) is 12.0.